The Morgan fingerprint density at radius 2 is 2.14 bits per heavy atom. The Bertz CT molecular complexity index is 237. The second kappa shape index (κ2) is 3.37. The molecular weight excluding hydrogens is 167 g/mol. The predicted molar refractivity (Wildman–Crippen MR) is 60.5 cm³/mol. The molecule has 0 aromatic carbocycles. The lowest BCUT2D eigenvalue weighted by Crippen LogP contribution is -2.35. The van der Waals surface area contributed by atoms with Crippen LogP contribution in [0.25, 0.3) is 0 Å². The normalized spacial score (nSPS) is 53.5. The summed E-state index contributed by atoms with van der Waals surface area (Å²) in [6.45, 7) is 2.01. The highest BCUT2D eigenvalue weighted by Crippen LogP contribution is 2.61. The van der Waals surface area contributed by atoms with Gasteiger partial charge < -0.3 is 4.74 Å². The molecule has 6 atom stereocenters. The molecule has 14 heavy (non-hydrogen) atoms. The van der Waals surface area contributed by atoms with Gasteiger partial charge in [-0.25, -0.2) is 0 Å². The molecule has 2 aliphatic rings. The molecule has 66 valence electrons. The predicted octanol–water partition coefficient (Wildman–Crippen LogP) is 0.622. The molecule has 0 spiro atoms. The molecule has 0 N–H and O–H groups in total. The van der Waals surface area contributed by atoms with E-state index >= 15 is 0 Å². The van der Waals surface area contributed by atoms with Crippen LogP contribution in [0, 0.1) is 5.92 Å². The zero-order chi connectivity index (χ0) is 10.5. The van der Waals surface area contributed by atoms with Crippen LogP contribution in [-0.4, -0.2) is 43.1 Å². The topological polar surface area (TPSA) is 12.5 Å². The summed E-state index contributed by atoms with van der Waals surface area (Å²) in [5, 5.41) is 0. The van der Waals surface area contributed by atoms with Gasteiger partial charge in [0.05, 0.1) is 43.1 Å². The van der Waals surface area contributed by atoms with E-state index in [1.54, 1.807) is 0 Å². The Balaban J connectivity index is 2.10. The molecule has 2 fully saturated rings. The number of epoxide rings is 1. The molecule has 5 heteroatoms. The molecule has 6 unspecified atom stereocenters. The first kappa shape index (κ1) is 10.7. The molecule has 2 rings (SSSR count). The molecule has 8 radical (unpaired) electrons. The van der Waals surface area contributed by atoms with E-state index in [4.69, 9.17) is 36.1 Å². The SMILES string of the molecule is [B]CC([B])C1CC([B])C([B])C2(C)OC12. The van der Waals surface area contributed by atoms with Gasteiger partial charge in [0.25, 0.3) is 0 Å². The van der Waals surface area contributed by atoms with Gasteiger partial charge in [0.15, 0.2) is 0 Å². The van der Waals surface area contributed by atoms with Gasteiger partial charge in [0.2, 0.25) is 0 Å². The van der Waals surface area contributed by atoms with Crippen molar-refractivity contribution in [2.45, 2.75) is 48.8 Å². The van der Waals surface area contributed by atoms with Crippen LogP contribution in [0.4, 0.5) is 0 Å². The fourth-order valence-electron chi connectivity index (χ4n) is 2.60. The lowest BCUT2D eigenvalue weighted by molar-refractivity contribution is 0.296. The number of hydrogen-bond donors (Lipinski definition) is 0. The van der Waals surface area contributed by atoms with Gasteiger partial charge in [-0.05, 0) is 12.8 Å². The standard InChI is InChI=1S/C9H12B4O/c1-9-7(13)5(11)2-4(6(12)3-10)8(9)14-9/h4-8H,2-3H2,1H3. The maximum Gasteiger partial charge on any atom is 0.0889 e. The smallest absolute Gasteiger partial charge is 0.0889 e. The van der Waals surface area contributed by atoms with Gasteiger partial charge in [0.1, 0.15) is 0 Å². The van der Waals surface area contributed by atoms with Crippen molar-refractivity contribution in [1.82, 2.24) is 0 Å². The van der Waals surface area contributed by atoms with E-state index in [2.05, 4.69) is 0 Å². The summed E-state index contributed by atoms with van der Waals surface area (Å²) in [6.07, 6.45) is 1.46. The molecule has 0 aromatic rings. The van der Waals surface area contributed by atoms with Crippen LogP contribution in [-0.2, 0) is 4.74 Å². The van der Waals surface area contributed by atoms with E-state index in [0.717, 1.165) is 6.42 Å². The van der Waals surface area contributed by atoms with Crippen molar-refractivity contribution < 1.29 is 4.74 Å². The molecule has 1 aliphatic heterocycles. The highest BCUT2D eigenvalue weighted by molar-refractivity contribution is 6.23. The quantitative estimate of drug-likeness (QED) is 0.447. The van der Waals surface area contributed by atoms with Crippen LogP contribution in [0.5, 0.6) is 0 Å². The van der Waals surface area contributed by atoms with E-state index in [1.807, 2.05) is 6.92 Å². The maximum absolute atomic E-state index is 5.98. The van der Waals surface area contributed by atoms with Crippen LogP contribution in [0.15, 0.2) is 0 Å². The van der Waals surface area contributed by atoms with E-state index in [9.17, 15) is 0 Å². The third kappa shape index (κ3) is 1.39. The molecule has 0 amide bonds. The molecule has 1 aliphatic carbocycles. The van der Waals surface area contributed by atoms with Crippen LogP contribution in [0.2, 0.25) is 23.8 Å². The molecule has 1 nitrogen and oxygen atoms in total. The van der Waals surface area contributed by atoms with E-state index < -0.39 is 0 Å². The minimum Gasteiger partial charge on any atom is -0.367 e. The zero-order valence-corrected chi connectivity index (χ0v) is 8.52. The fraction of sp³-hybridized carbons (Fsp3) is 1.00. The fourth-order valence-corrected chi connectivity index (χ4v) is 2.60. The first-order chi connectivity index (χ1) is 6.50. The van der Waals surface area contributed by atoms with Crippen molar-refractivity contribution in [1.29, 1.82) is 0 Å². The largest absolute Gasteiger partial charge is 0.367 e. The summed E-state index contributed by atoms with van der Waals surface area (Å²) in [7, 11) is 23.4. The molecule has 1 saturated heterocycles. The Morgan fingerprint density at radius 3 is 2.71 bits per heavy atom. The summed E-state index contributed by atoms with van der Waals surface area (Å²) in [6, 6.07) is 0. The third-order valence-electron chi connectivity index (χ3n) is 3.77. The first-order valence-corrected chi connectivity index (χ1v) is 5.15. The van der Waals surface area contributed by atoms with Crippen LogP contribution in [0.3, 0.4) is 0 Å². The van der Waals surface area contributed by atoms with Gasteiger partial charge in [-0.2, -0.15) is 0 Å². The van der Waals surface area contributed by atoms with Gasteiger partial charge in [-0.1, -0.05) is 30.2 Å². The average Bonchev–Trinajstić information content (AvgIpc) is 2.85. The highest BCUT2D eigenvalue weighted by Gasteiger charge is 2.62. The van der Waals surface area contributed by atoms with Gasteiger partial charge in [0, 0.05) is 0 Å². The number of fused-ring (bicyclic) bond motifs is 1. The second-order valence-corrected chi connectivity index (χ2v) is 4.71. The van der Waals surface area contributed by atoms with Crippen molar-refractivity contribution in [3.8, 4) is 0 Å². The van der Waals surface area contributed by atoms with Gasteiger partial charge >= 0.3 is 0 Å². The lowest BCUT2D eigenvalue weighted by Gasteiger charge is -2.36. The van der Waals surface area contributed by atoms with Gasteiger partial charge in [-0.15, -0.1) is 0 Å². The number of rotatable bonds is 2. The van der Waals surface area contributed by atoms with E-state index in [0.29, 0.717) is 6.32 Å². The first-order valence-electron chi connectivity index (χ1n) is 5.15. The van der Waals surface area contributed by atoms with Crippen LogP contribution in [0.1, 0.15) is 13.3 Å². The van der Waals surface area contributed by atoms with Gasteiger partial charge in [-0.3, -0.25) is 0 Å². The van der Waals surface area contributed by atoms with Crippen molar-refractivity contribution in [3.63, 3.8) is 0 Å². The summed E-state index contributed by atoms with van der Waals surface area (Å²) in [5.41, 5.74) is -0.255. The van der Waals surface area contributed by atoms with Crippen molar-refractivity contribution in [2.75, 3.05) is 0 Å². The van der Waals surface area contributed by atoms with E-state index in [1.165, 1.54) is 0 Å². The Kier molecular flexibility index (Phi) is 2.58. The monoisotopic (exact) mass is 180 g/mol. The zero-order valence-electron chi connectivity index (χ0n) is 8.52. The van der Waals surface area contributed by atoms with Crippen LogP contribution < -0.4 is 0 Å². The van der Waals surface area contributed by atoms with Crippen molar-refractivity contribution >= 4 is 31.4 Å². The Hall–Kier alpha value is 0.220. The maximum atomic E-state index is 5.98. The molecule has 1 saturated carbocycles. The van der Waals surface area contributed by atoms with Crippen molar-refractivity contribution in [2.24, 2.45) is 5.92 Å². The second-order valence-electron chi connectivity index (χ2n) is 4.71. The van der Waals surface area contributed by atoms with E-state index in [-0.39, 0.29) is 35.1 Å². The number of hydrogen-bond acceptors (Lipinski definition) is 1. The highest BCUT2D eigenvalue weighted by atomic mass is 16.6. The summed E-state index contributed by atoms with van der Waals surface area (Å²) in [4.78, 5) is 0. The average molecular weight is 179 g/mol. The number of ether oxygens (including phenoxy) is 1. The molecule has 1 heterocycles. The Morgan fingerprint density at radius 1 is 1.50 bits per heavy atom. The lowest BCUT2D eigenvalue weighted by atomic mass is 9.50. The summed E-state index contributed by atoms with van der Waals surface area (Å²) in [5.74, 6) is 0.134. The third-order valence-corrected chi connectivity index (χ3v) is 3.77. The summed E-state index contributed by atoms with van der Waals surface area (Å²) >= 11 is 0. The minimum atomic E-state index is -0.255. The summed E-state index contributed by atoms with van der Waals surface area (Å²) < 4.78 is 5.64. The minimum absolute atomic E-state index is 0.0265. The molecule has 0 bridgehead atoms. The molecular formula is C9H12B4O. The molecule has 0 aromatic heterocycles. The van der Waals surface area contributed by atoms with Crippen LogP contribution >= 0.6 is 0 Å². The van der Waals surface area contributed by atoms with Crippen molar-refractivity contribution in [3.05, 3.63) is 0 Å². The Labute approximate surface area is 91.4 Å².